The summed E-state index contributed by atoms with van der Waals surface area (Å²) in [7, 11) is 0. The summed E-state index contributed by atoms with van der Waals surface area (Å²) in [5.74, 6) is 0.853. The van der Waals surface area contributed by atoms with Gasteiger partial charge in [-0.2, -0.15) is 5.10 Å². The van der Waals surface area contributed by atoms with Crippen molar-refractivity contribution < 1.29 is 9.53 Å². The number of ether oxygens (including phenoxy) is 1. The largest absolute Gasteiger partial charge is 0.488 e. The van der Waals surface area contributed by atoms with Crippen LogP contribution >= 0.6 is 0 Å². The topological polar surface area (TPSA) is 59.4 Å². The maximum Gasteiger partial charge on any atom is 0.241 e. The minimum Gasteiger partial charge on any atom is -0.488 e. The molecule has 0 unspecified atom stereocenters. The highest BCUT2D eigenvalue weighted by atomic mass is 16.5. The minimum atomic E-state index is 0.00420. The zero-order chi connectivity index (χ0) is 17.9. The van der Waals surface area contributed by atoms with Crippen molar-refractivity contribution in [1.29, 1.82) is 0 Å². The van der Waals surface area contributed by atoms with Crippen LogP contribution in [0.4, 0.5) is 0 Å². The number of carbonyl (C=O) groups is 1. The molecular formula is C20H26N4O2. The zero-order valence-corrected chi connectivity index (χ0v) is 15.3. The van der Waals surface area contributed by atoms with E-state index < -0.39 is 0 Å². The lowest BCUT2D eigenvalue weighted by Gasteiger charge is -2.33. The minimum absolute atomic E-state index is 0.00420. The highest BCUT2D eigenvalue weighted by Crippen LogP contribution is 2.36. The molecule has 6 heteroatoms. The molecule has 0 radical (unpaired) electrons. The number of fused-ring (bicyclic) bond motifs is 3. The molecule has 2 aliphatic heterocycles. The molecule has 1 aromatic carbocycles. The van der Waals surface area contributed by atoms with E-state index >= 15 is 0 Å². The first-order chi connectivity index (χ1) is 12.7. The molecule has 1 N–H and O–H groups in total. The standard InChI is InChI=1S/C20H26N4O2/c1-15-6-4-5-10-23(15)11-9-21-19(25)13-24-20-16(12-22-24)14-26-18-8-3-2-7-17(18)20/h2-3,7-8,12,15H,4-6,9-11,13-14H2,1H3,(H,21,25)/t15-/m1/s1. The Morgan fingerprint density at radius 2 is 2.23 bits per heavy atom. The summed E-state index contributed by atoms with van der Waals surface area (Å²) in [5, 5.41) is 7.46. The molecule has 1 amide bonds. The average molecular weight is 354 g/mol. The van der Waals surface area contributed by atoms with E-state index in [0.29, 0.717) is 19.2 Å². The molecule has 138 valence electrons. The molecule has 2 aromatic rings. The van der Waals surface area contributed by atoms with Crippen LogP contribution in [0, 0.1) is 0 Å². The van der Waals surface area contributed by atoms with Gasteiger partial charge in [-0.3, -0.25) is 14.4 Å². The quantitative estimate of drug-likeness (QED) is 0.896. The first-order valence-corrected chi connectivity index (χ1v) is 9.50. The van der Waals surface area contributed by atoms with E-state index in [4.69, 9.17) is 4.74 Å². The molecule has 2 aliphatic rings. The van der Waals surface area contributed by atoms with Crippen molar-refractivity contribution in [3.63, 3.8) is 0 Å². The number of piperidine rings is 1. The van der Waals surface area contributed by atoms with Crippen molar-refractivity contribution in [3.8, 4) is 17.0 Å². The van der Waals surface area contributed by atoms with Crippen molar-refractivity contribution in [2.24, 2.45) is 0 Å². The van der Waals surface area contributed by atoms with Crippen molar-refractivity contribution in [2.45, 2.75) is 45.4 Å². The molecule has 1 atom stereocenters. The first-order valence-electron chi connectivity index (χ1n) is 9.50. The lowest BCUT2D eigenvalue weighted by atomic mass is 10.0. The first kappa shape index (κ1) is 17.1. The summed E-state index contributed by atoms with van der Waals surface area (Å²) < 4.78 is 7.54. The average Bonchev–Trinajstić information content (AvgIpc) is 3.06. The molecule has 1 saturated heterocycles. The Hall–Kier alpha value is -2.34. The van der Waals surface area contributed by atoms with Gasteiger partial charge in [0.15, 0.2) is 0 Å². The number of carbonyl (C=O) groups excluding carboxylic acids is 1. The van der Waals surface area contributed by atoms with Crippen molar-refractivity contribution in [1.82, 2.24) is 20.0 Å². The van der Waals surface area contributed by atoms with E-state index in [-0.39, 0.29) is 12.5 Å². The fourth-order valence-corrected chi connectivity index (χ4v) is 3.93. The summed E-state index contributed by atoms with van der Waals surface area (Å²) in [4.78, 5) is 14.9. The third-order valence-corrected chi connectivity index (χ3v) is 5.40. The number of aromatic nitrogens is 2. The van der Waals surface area contributed by atoms with Crippen molar-refractivity contribution >= 4 is 5.91 Å². The van der Waals surface area contributed by atoms with Gasteiger partial charge in [-0.1, -0.05) is 18.6 Å². The van der Waals surface area contributed by atoms with Gasteiger partial charge in [0.25, 0.3) is 0 Å². The van der Waals surface area contributed by atoms with Gasteiger partial charge in [0, 0.05) is 30.3 Å². The Morgan fingerprint density at radius 3 is 3.12 bits per heavy atom. The number of nitrogens with zero attached hydrogens (tertiary/aromatic N) is 3. The monoisotopic (exact) mass is 354 g/mol. The van der Waals surface area contributed by atoms with Gasteiger partial charge >= 0.3 is 0 Å². The van der Waals surface area contributed by atoms with Crippen LogP contribution < -0.4 is 10.1 Å². The molecular weight excluding hydrogens is 328 g/mol. The molecule has 1 aromatic heterocycles. The highest BCUT2D eigenvalue weighted by molar-refractivity contribution is 5.78. The Morgan fingerprint density at radius 1 is 1.35 bits per heavy atom. The summed E-state index contributed by atoms with van der Waals surface area (Å²) in [6.45, 7) is 5.75. The second kappa shape index (κ2) is 7.50. The number of hydrogen-bond donors (Lipinski definition) is 1. The number of benzene rings is 1. The summed E-state index contributed by atoms with van der Waals surface area (Å²) in [6.07, 6.45) is 5.64. The summed E-state index contributed by atoms with van der Waals surface area (Å²) in [6, 6.07) is 8.53. The van der Waals surface area contributed by atoms with E-state index in [1.54, 1.807) is 10.9 Å². The van der Waals surface area contributed by atoms with Gasteiger partial charge < -0.3 is 10.1 Å². The van der Waals surface area contributed by atoms with Gasteiger partial charge in [0.05, 0.1) is 11.9 Å². The van der Waals surface area contributed by atoms with Crippen LogP contribution in [-0.2, 0) is 17.9 Å². The second-order valence-electron chi connectivity index (χ2n) is 7.19. The Balaban J connectivity index is 1.37. The van der Waals surface area contributed by atoms with Crippen LogP contribution in [0.5, 0.6) is 5.75 Å². The maximum absolute atomic E-state index is 12.4. The Bertz CT molecular complexity index is 786. The van der Waals surface area contributed by atoms with Gasteiger partial charge in [-0.15, -0.1) is 0 Å². The number of hydrogen-bond acceptors (Lipinski definition) is 4. The van der Waals surface area contributed by atoms with Gasteiger partial charge in [-0.05, 0) is 38.4 Å². The summed E-state index contributed by atoms with van der Waals surface area (Å²) in [5.41, 5.74) is 3.02. The SMILES string of the molecule is C[C@@H]1CCCCN1CCNC(=O)Cn1ncc2c1-c1ccccc1OC2. The molecule has 6 nitrogen and oxygen atoms in total. The third-order valence-electron chi connectivity index (χ3n) is 5.40. The smallest absolute Gasteiger partial charge is 0.241 e. The van der Waals surface area contributed by atoms with E-state index in [0.717, 1.165) is 35.7 Å². The highest BCUT2D eigenvalue weighted by Gasteiger charge is 2.23. The van der Waals surface area contributed by atoms with Gasteiger partial charge in [0.2, 0.25) is 5.91 Å². The maximum atomic E-state index is 12.4. The Kier molecular flexibility index (Phi) is 4.93. The van der Waals surface area contributed by atoms with Gasteiger partial charge in [-0.25, -0.2) is 0 Å². The fourth-order valence-electron chi connectivity index (χ4n) is 3.93. The van der Waals surface area contributed by atoms with Crippen LogP contribution in [0.1, 0.15) is 31.7 Å². The van der Waals surface area contributed by atoms with E-state index in [1.165, 1.54) is 19.3 Å². The fraction of sp³-hybridized carbons (Fsp3) is 0.500. The summed E-state index contributed by atoms with van der Waals surface area (Å²) >= 11 is 0. The molecule has 4 rings (SSSR count). The molecule has 0 saturated carbocycles. The predicted molar refractivity (Wildman–Crippen MR) is 99.9 cm³/mol. The third kappa shape index (κ3) is 3.46. The zero-order valence-electron chi connectivity index (χ0n) is 15.3. The lowest BCUT2D eigenvalue weighted by molar-refractivity contribution is -0.121. The number of para-hydroxylation sites is 1. The number of amides is 1. The number of nitrogens with one attached hydrogen (secondary N) is 1. The van der Waals surface area contributed by atoms with Crippen molar-refractivity contribution in [2.75, 3.05) is 19.6 Å². The molecule has 26 heavy (non-hydrogen) atoms. The van der Waals surface area contributed by atoms with Crippen LogP contribution in [0.2, 0.25) is 0 Å². The van der Waals surface area contributed by atoms with Crippen molar-refractivity contribution in [3.05, 3.63) is 36.0 Å². The van der Waals surface area contributed by atoms with E-state index in [1.807, 2.05) is 24.3 Å². The normalized spacial score (nSPS) is 19.3. The van der Waals surface area contributed by atoms with E-state index in [2.05, 4.69) is 22.2 Å². The van der Waals surface area contributed by atoms with Crippen LogP contribution in [-0.4, -0.2) is 46.3 Å². The van der Waals surface area contributed by atoms with Crippen LogP contribution in [0.15, 0.2) is 30.5 Å². The number of likely N-dealkylation sites (tertiary alicyclic amines) is 1. The molecule has 3 heterocycles. The van der Waals surface area contributed by atoms with Crippen LogP contribution in [0.25, 0.3) is 11.3 Å². The van der Waals surface area contributed by atoms with E-state index in [9.17, 15) is 4.79 Å². The second-order valence-corrected chi connectivity index (χ2v) is 7.19. The lowest BCUT2D eigenvalue weighted by Crippen LogP contribution is -2.43. The molecule has 0 aliphatic carbocycles. The molecule has 0 spiro atoms. The van der Waals surface area contributed by atoms with Crippen LogP contribution in [0.3, 0.4) is 0 Å². The predicted octanol–water partition coefficient (Wildman–Crippen LogP) is 2.43. The number of rotatable bonds is 5. The molecule has 0 bridgehead atoms. The molecule has 1 fully saturated rings. The van der Waals surface area contributed by atoms with Gasteiger partial charge in [0.1, 0.15) is 18.9 Å². The Labute approximate surface area is 154 Å².